The van der Waals surface area contributed by atoms with E-state index in [0.717, 1.165) is 26.9 Å². The molecular weight excluding hydrogens is 353 g/mol. The number of aryl methyl sites for hydroxylation is 2. The SMILES string of the molecule is Cc1cc(-c2nn3c(C)nnc3s2)ccc1NC(=O)c1cccc(F)c1. The summed E-state index contributed by atoms with van der Waals surface area (Å²) in [6.07, 6.45) is 0. The van der Waals surface area contributed by atoms with Crippen LogP contribution in [0.25, 0.3) is 15.5 Å². The first-order valence-electron chi connectivity index (χ1n) is 7.88. The van der Waals surface area contributed by atoms with Crippen molar-refractivity contribution in [3.05, 3.63) is 65.2 Å². The van der Waals surface area contributed by atoms with Gasteiger partial charge in [-0.2, -0.15) is 9.61 Å². The first-order valence-corrected chi connectivity index (χ1v) is 8.70. The summed E-state index contributed by atoms with van der Waals surface area (Å²) in [6, 6.07) is 11.2. The van der Waals surface area contributed by atoms with Crippen molar-refractivity contribution in [1.29, 1.82) is 0 Å². The van der Waals surface area contributed by atoms with E-state index in [1.54, 1.807) is 10.6 Å². The first-order chi connectivity index (χ1) is 12.5. The molecule has 4 rings (SSSR count). The fourth-order valence-electron chi connectivity index (χ4n) is 2.59. The molecule has 26 heavy (non-hydrogen) atoms. The van der Waals surface area contributed by atoms with E-state index in [2.05, 4.69) is 20.6 Å². The largest absolute Gasteiger partial charge is 0.322 e. The topological polar surface area (TPSA) is 72.2 Å². The van der Waals surface area contributed by atoms with Gasteiger partial charge in [0.05, 0.1) is 0 Å². The van der Waals surface area contributed by atoms with E-state index < -0.39 is 5.82 Å². The van der Waals surface area contributed by atoms with Crippen LogP contribution < -0.4 is 5.32 Å². The fourth-order valence-corrected chi connectivity index (χ4v) is 3.47. The second-order valence-corrected chi connectivity index (χ2v) is 6.80. The quantitative estimate of drug-likeness (QED) is 0.597. The third-order valence-electron chi connectivity index (χ3n) is 3.96. The highest BCUT2D eigenvalue weighted by Crippen LogP contribution is 2.28. The van der Waals surface area contributed by atoms with E-state index in [9.17, 15) is 9.18 Å². The van der Waals surface area contributed by atoms with Crippen LogP contribution in [0.2, 0.25) is 0 Å². The number of hydrogen-bond donors (Lipinski definition) is 1. The molecule has 2 aromatic heterocycles. The molecule has 0 spiro atoms. The van der Waals surface area contributed by atoms with Gasteiger partial charge in [0.2, 0.25) is 4.96 Å². The number of aromatic nitrogens is 4. The number of fused-ring (bicyclic) bond motifs is 1. The molecule has 1 N–H and O–H groups in total. The minimum atomic E-state index is -0.441. The highest BCUT2D eigenvalue weighted by Gasteiger charge is 2.13. The van der Waals surface area contributed by atoms with Crippen LogP contribution in [0, 0.1) is 19.7 Å². The number of nitrogens with zero attached hydrogens (tertiary/aromatic N) is 4. The minimum absolute atomic E-state index is 0.276. The third-order valence-corrected chi connectivity index (χ3v) is 4.90. The third kappa shape index (κ3) is 2.95. The van der Waals surface area contributed by atoms with E-state index >= 15 is 0 Å². The number of hydrogen-bond acceptors (Lipinski definition) is 5. The lowest BCUT2D eigenvalue weighted by atomic mass is 10.1. The normalized spacial score (nSPS) is 11.0. The van der Waals surface area contributed by atoms with Gasteiger partial charge in [0, 0.05) is 16.8 Å². The van der Waals surface area contributed by atoms with Crippen molar-refractivity contribution >= 4 is 27.9 Å². The van der Waals surface area contributed by atoms with Crippen LogP contribution in [0.1, 0.15) is 21.7 Å². The number of carbonyl (C=O) groups excluding carboxylic acids is 1. The van der Waals surface area contributed by atoms with Crippen molar-refractivity contribution in [2.75, 3.05) is 5.32 Å². The lowest BCUT2D eigenvalue weighted by molar-refractivity contribution is 0.102. The lowest BCUT2D eigenvalue weighted by Crippen LogP contribution is -2.12. The Morgan fingerprint density at radius 1 is 1.15 bits per heavy atom. The van der Waals surface area contributed by atoms with Gasteiger partial charge >= 0.3 is 0 Å². The molecule has 8 heteroatoms. The molecule has 0 saturated carbocycles. The summed E-state index contributed by atoms with van der Waals surface area (Å²) in [5.41, 5.74) is 2.76. The van der Waals surface area contributed by atoms with Crippen molar-refractivity contribution in [1.82, 2.24) is 19.8 Å². The molecule has 0 radical (unpaired) electrons. The Morgan fingerprint density at radius 3 is 2.73 bits per heavy atom. The van der Waals surface area contributed by atoms with Gasteiger partial charge < -0.3 is 5.32 Å². The second kappa shape index (κ2) is 6.30. The van der Waals surface area contributed by atoms with Crippen LogP contribution in [0.5, 0.6) is 0 Å². The first kappa shape index (κ1) is 16.3. The average molecular weight is 367 g/mol. The van der Waals surface area contributed by atoms with E-state index in [1.165, 1.54) is 29.5 Å². The Morgan fingerprint density at radius 2 is 2.00 bits per heavy atom. The van der Waals surface area contributed by atoms with Gasteiger partial charge in [-0.1, -0.05) is 17.4 Å². The summed E-state index contributed by atoms with van der Waals surface area (Å²) in [4.78, 5) is 13.0. The molecule has 130 valence electrons. The summed E-state index contributed by atoms with van der Waals surface area (Å²) in [6.45, 7) is 3.75. The predicted octanol–water partition coefficient (Wildman–Crippen LogP) is 3.86. The molecule has 2 aromatic carbocycles. The van der Waals surface area contributed by atoms with Crippen LogP contribution >= 0.6 is 11.3 Å². The van der Waals surface area contributed by atoms with Gasteiger partial charge in [-0.25, -0.2) is 4.39 Å². The van der Waals surface area contributed by atoms with Gasteiger partial charge in [0.1, 0.15) is 10.8 Å². The number of nitrogens with one attached hydrogen (secondary N) is 1. The second-order valence-electron chi connectivity index (χ2n) is 5.84. The van der Waals surface area contributed by atoms with Gasteiger partial charge in [0.15, 0.2) is 5.82 Å². The molecule has 6 nitrogen and oxygen atoms in total. The van der Waals surface area contributed by atoms with Crippen molar-refractivity contribution in [3.63, 3.8) is 0 Å². The molecule has 2 heterocycles. The van der Waals surface area contributed by atoms with E-state index in [-0.39, 0.29) is 11.5 Å². The predicted molar refractivity (Wildman–Crippen MR) is 97.9 cm³/mol. The zero-order valence-corrected chi connectivity index (χ0v) is 14.8. The van der Waals surface area contributed by atoms with E-state index in [4.69, 9.17) is 0 Å². The molecule has 0 saturated heterocycles. The monoisotopic (exact) mass is 367 g/mol. The summed E-state index contributed by atoms with van der Waals surface area (Å²) in [5.74, 6) is -0.0590. The molecule has 0 atom stereocenters. The van der Waals surface area contributed by atoms with Crippen molar-refractivity contribution in [3.8, 4) is 10.6 Å². The van der Waals surface area contributed by atoms with Crippen LogP contribution in [0.3, 0.4) is 0 Å². The number of rotatable bonds is 3. The molecule has 1 amide bonds. The average Bonchev–Trinajstić information content (AvgIpc) is 3.19. The van der Waals surface area contributed by atoms with Crippen LogP contribution in [-0.2, 0) is 0 Å². The van der Waals surface area contributed by atoms with Gasteiger partial charge in [-0.15, -0.1) is 10.2 Å². The Bertz CT molecular complexity index is 1130. The zero-order valence-electron chi connectivity index (χ0n) is 14.0. The molecule has 0 aliphatic rings. The maximum absolute atomic E-state index is 13.3. The molecule has 0 aliphatic heterocycles. The maximum atomic E-state index is 13.3. The summed E-state index contributed by atoms with van der Waals surface area (Å²) in [7, 11) is 0. The van der Waals surface area contributed by atoms with Crippen molar-refractivity contribution in [2.45, 2.75) is 13.8 Å². The highest BCUT2D eigenvalue weighted by molar-refractivity contribution is 7.19. The molecular formula is C18H14FN5OS. The smallest absolute Gasteiger partial charge is 0.255 e. The Hall–Kier alpha value is -3.13. The number of halogens is 1. The van der Waals surface area contributed by atoms with Gasteiger partial charge in [-0.3, -0.25) is 4.79 Å². The zero-order chi connectivity index (χ0) is 18.3. The summed E-state index contributed by atoms with van der Waals surface area (Å²) >= 11 is 1.45. The Balaban J connectivity index is 1.60. The van der Waals surface area contributed by atoms with Crippen molar-refractivity contribution in [2.24, 2.45) is 0 Å². The Kier molecular flexibility index (Phi) is 3.96. The van der Waals surface area contributed by atoms with E-state index in [1.807, 2.05) is 32.0 Å². The number of carbonyl (C=O) groups is 1. The van der Waals surface area contributed by atoms with Gasteiger partial charge in [0.25, 0.3) is 5.91 Å². The van der Waals surface area contributed by atoms with Crippen LogP contribution in [0.15, 0.2) is 42.5 Å². The fraction of sp³-hybridized carbons (Fsp3) is 0.111. The van der Waals surface area contributed by atoms with Crippen LogP contribution in [-0.4, -0.2) is 25.7 Å². The summed E-state index contributed by atoms with van der Waals surface area (Å²) in [5, 5.41) is 16.2. The number of benzene rings is 2. The van der Waals surface area contributed by atoms with Gasteiger partial charge in [-0.05, 0) is 55.8 Å². The van der Waals surface area contributed by atoms with E-state index in [0.29, 0.717) is 5.69 Å². The minimum Gasteiger partial charge on any atom is -0.322 e. The number of anilines is 1. The summed E-state index contributed by atoms with van der Waals surface area (Å²) < 4.78 is 15.0. The standard InChI is InChI=1S/C18H14FN5OS/c1-10-8-13(17-23-24-11(2)21-22-18(24)26-17)6-7-15(10)20-16(25)12-4-3-5-14(19)9-12/h3-9H,1-2H3,(H,20,25). The molecule has 0 bridgehead atoms. The van der Waals surface area contributed by atoms with Crippen molar-refractivity contribution < 1.29 is 9.18 Å². The molecule has 0 fully saturated rings. The Labute approximate surface area is 152 Å². The lowest BCUT2D eigenvalue weighted by Gasteiger charge is -2.09. The molecule has 0 aliphatic carbocycles. The number of amides is 1. The molecule has 4 aromatic rings. The molecule has 0 unspecified atom stereocenters. The highest BCUT2D eigenvalue weighted by atomic mass is 32.1. The van der Waals surface area contributed by atoms with Crippen LogP contribution in [0.4, 0.5) is 10.1 Å². The maximum Gasteiger partial charge on any atom is 0.255 e.